The van der Waals surface area contributed by atoms with Crippen molar-refractivity contribution < 1.29 is 27.1 Å². The van der Waals surface area contributed by atoms with Crippen LogP contribution in [0.25, 0.3) is 0 Å². The Hall–Kier alpha value is -6.20. The Morgan fingerprint density at radius 1 is 0.543 bits per heavy atom. The molecule has 0 fully saturated rings. The van der Waals surface area contributed by atoms with Crippen LogP contribution < -0.4 is 14.4 Å². The van der Waals surface area contributed by atoms with E-state index in [0.717, 1.165) is 34.0 Å². The Kier molecular flexibility index (Phi) is 6.13. The lowest BCUT2D eigenvalue weighted by Gasteiger charge is -2.45. The molecule has 4 unspecified atom stereocenters. The number of anilines is 1. The lowest BCUT2D eigenvalue weighted by atomic mass is 9.90. The van der Waals surface area contributed by atoms with Crippen LogP contribution in [-0.2, 0) is 0 Å². The van der Waals surface area contributed by atoms with Crippen molar-refractivity contribution in [1.29, 1.82) is 0 Å². The minimum Gasteiger partial charge on any atom is -0.467 e. The normalized spacial score (nSPS) is 21.3. The van der Waals surface area contributed by atoms with Crippen molar-refractivity contribution in [2.24, 2.45) is 0 Å². The summed E-state index contributed by atoms with van der Waals surface area (Å²) in [6.45, 7) is 0. The number of hydrogen-bond donors (Lipinski definition) is 0. The van der Waals surface area contributed by atoms with Gasteiger partial charge in [0.1, 0.15) is 35.1 Å². The molecule has 8 heteroatoms. The van der Waals surface area contributed by atoms with Gasteiger partial charge in [0.2, 0.25) is 12.5 Å². The standard InChI is InChI=1S/C38H26N2O6/c1-3-11-25(12-4-1)39-35(29-15-7-19-41-29)27-23-28-34(24-33(27)45-37(39)31-17-9-21-43-31)46-38(32-18-10-22-44-32)40(26-13-5-2-6-14-26)36(28)30-16-8-20-42-30/h1-5,7-13,15-24,35-38H. The Balaban J connectivity index is 1.29. The van der Waals surface area contributed by atoms with Crippen LogP contribution in [0.2, 0.25) is 0 Å². The fraction of sp³-hybridized carbons (Fsp3) is 0.105. The van der Waals surface area contributed by atoms with Crippen molar-refractivity contribution in [2.45, 2.75) is 24.5 Å². The molecule has 9 rings (SSSR count). The number of hydrogen-bond acceptors (Lipinski definition) is 8. The zero-order valence-corrected chi connectivity index (χ0v) is 24.4. The first-order chi connectivity index (χ1) is 22.8. The van der Waals surface area contributed by atoms with Crippen molar-refractivity contribution in [3.05, 3.63) is 186 Å². The van der Waals surface area contributed by atoms with Crippen LogP contribution in [0, 0.1) is 0 Å². The molecule has 0 radical (unpaired) electrons. The van der Waals surface area contributed by atoms with E-state index < -0.39 is 18.5 Å². The highest BCUT2D eigenvalue weighted by molar-refractivity contribution is 5.61. The highest BCUT2D eigenvalue weighted by atomic mass is 16.5. The number of para-hydroxylation sites is 1. The van der Waals surface area contributed by atoms with E-state index in [2.05, 4.69) is 39.5 Å². The third-order valence-corrected chi connectivity index (χ3v) is 8.44. The second-order valence-corrected chi connectivity index (χ2v) is 11.1. The van der Waals surface area contributed by atoms with Crippen LogP contribution in [0.15, 0.2) is 169 Å². The van der Waals surface area contributed by atoms with Gasteiger partial charge in [-0.15, -0.1) is 0 Å². The molecule has 1 aliphatic carbocycles. The Morgan fingerprint density at radius 3 is 1.61 bits per heavy atom. The molecule has 6 heterocycles. The first-order valence-corrected chi connectivity index (χ1v) is 15.0. The quantitative estimate of drug-likeness (QED) is 0.174. The minimum atomic E-state index is -0.631. The molecular weight excluding hydrogens is 580 g/mol. The summed E-state index contributed by atoms with van der Waals surface area (Å²) < 4.78 is 37.8. The number of ether oxygens (including phenoxy) is 2. The maximum absolute atomic E-state index is 6.84. The number of rotatable bonds is 6. The summed E-state index contributed by atoms with van der Waals surface area (Å²) in [7, 11) is 0. The van der Waals surface area contributed by atoms with Crippen molar-refractivity contribution in [2.75, 3.05) is 4.90 Å². The highest BCUT2D eigenvalue weighted by Crippen LogP contribution is 2.54. The van der Waals surface area contributed by atoms with Gasteiger partial charge in [0.05, 0.1) is 30.7 Å². The topological polar surface area (TPSA) is 77.5 Å². The molecule has 2 aromatic carbocycles. The van der Waals surface area contributed by atoms with Gasteiger partial charge in [0.15, 0.2) is 11.5 Å². The van der Waals surface area contributed by atoms with Gasteiger partial charge in [-0.3, -0.25) is 0 Å². The zero-order valence-electron chi connectivity index (χ0n) is 24.4. The fourth-order valence-electron chi connectivity index (χ4n) is 6.53. The van der Waals surface area contributed by atoms with E-state index in [-0.39, 0.29) is 6.04 Å². The molecule has 4 atom stereocenters. The largest absolute Gasteiger partial charge is 0.467 e. The SMILES string of the molecule is C1=C=C(N2C(c3ccco3)Oc3cc4c(cc3C2c2ccco2)C(c2ccco2)N(c2ccccc2)C(c2ccco2)O4)C=CC=1. The number of fused-ring (bicyclic) bond motifs is 2. The Bertz CT molecular complexity index is 2100. The van der Waals surface area contributed by atoms with Crippen LogP contribution in [0.3, 0.4) is 0 Å². The van der Waals surface area contributed by atoms with Crippen molar-refractivity contribution >= 4 is 5.69 Å². The van der Waals surface area contributed by atoms with E-state index in [0.29, 0.717) is 23.0 Å². The van der Waals surface area contributed by atoms with Gasteiger partial charge < -0.3 is 36.9 Å². The van der Waals surface area contributed by atoms with Crippen LogP contribution in [0.5, 0.6) is 11.5 Å². The van der Waals surface area contributed by atoms with E-state index in [1.807, 2.05) is 91.0 Å². The molecule has 2 aliphatic heterocycles. The third kappa shape index (κ3) is 4.25. The number of allylic oxidation sites excluding steroid dienone is 3. The second-order valence-electron chi connectivity index (χ2n) is 11.1. The van der Waals surface area contributed by atoms with E-state index in [4.69, 9.17) is 27.1 Å². The molecule has 46 heavy (non-hydrogen) atoms. The molecule has 6 aromatic rings. The Morgan fingerprint density at radius 2 is 1.09 bits per heavy atom. The molecule has 0 saturated carbocycles. The van der Waals surface area contributed by atoms with Crippen molar-refractivity contribution in [1.82, 2.24) is 4.90 Å². The van der Waals surface area contributed by atoms with E-state index >= 15 is 0 Å². The molecule has 0 bridgehead atoms. The third-order valence-electron chi connectivity index (χ3n) is 8.44. The van der Waals surface area contributed by atoms with Gasteiger partial charge in [-0.2, -0.15) is 0 Å². The van der Waals surface area contributed by atoms with Crippen molar-refractivity contribution in [3.8, 4) is 11.5 Å². The molecule has 224 valence electrons. The molecule has 3 aliphatic rings. The average Bonchev–Trinajstić information content (AvgIpc) is 3.94. The summed E-state index contributed by atoms with van der Waals surface area (Å²) in [4.78, 5) is 4.29. The highest BCUT2D eigenvalue weighted by Gasteiger charge is 2.46. The number of nitrogens with zero attached hydrogens (tertiary/aromatic N) is 2. The monoisotopic (exact) mass is 606 g/mol. The molecule has 8 nitrogen and oxygen atoms in total. The van der Waals surface area contributed by atoms with E-state index in [1.165, 1.54) is 0 Å². The molecule has 0 spiro atoms. The average molecular weight is 607 g/mol. The van der Waals surface area contributed by atoms with Crippen LogP contribution in [0.1, 0.15) is 58.7 Å². The van der Waals surface area contributed by atoms with Crippen molar-refractivity contribution in [3.63, 3.8) is 0 Å². The van der Waals surface area contributed by atoms with Gasteiger partial charge in [0.25, 0.3) is 0 Å². The lowest BCUT2D eigenvalue weighted by Crippen LogP contribution is -2.42. The van der Waals surface area contributed by atoms with Gasteiger partial charge in [-0.1, -0.05) is 30.0 Å². The van der Waals surface area contributed by atoms with Crippen LogP contribution in [0.4, 0.5) is 5.69 Å². The predicted octanol–water partition coefficient (Wildman–Crippen LogP) is 8.99. The molecule has 0 saturated heterocycles. The van der Waals surface area contributed by atoms with Gasteiger partial charge in [-0.25, -0.2) is 0 Å². The summed E-state index contributed by atoms with van der Waals surface area (Å²) in [5.41, 5.74) is 9.89. The zero-order chi connectivity index (χ0) is 30.5. The first kappa shape index (κ1) is 26.2. The van der Waals surface area contributed by atoms with Gasteiger partial charge in [0, 0.05) is 22.9 Å². The first-order valence-electron chi connectivity index (χ1n) is 15.0. The summed E-state index contributed by atoms with van der Waals surface area (Å²) in [6.07, 6.45) is 11.2. The lowest BCUT2D eigenvalue weighted by molar-refractivity contribution is -0.0106. The number of benzene rings is 2. The summed E-state index contributed by atoms with van der Waals surface area (Å²) in [5, 5.41) is 0. The predicted molar refractivity (Wildman–Crippen MR) is 167 cm³/mol. The molecular formula is C38H26N2O6. The number of furan rings is 4. The van der Waals surface area contributed by atoms with Gasteiger partial charge >= 0.3 is 0 Å². The summed E-state index contributed by atoms with van der Waals surface area (Å²) >= 11 is 0. The Labute approximate surface area is 264 Å². The summed E-state index contributed by atoms with van der Waals surface area (Å²) in [5.74, 6) is 4.08. The maximum atomic E-state index is 6.84. The van der Waals surface area contributed by atoms with Gasteiger partial charge in [-0.05, 0) is 84.6 Å². The molecule has 0 N–H and O–H groups in total. The van der Waals surface area contributed by atoms with Crippen LogP contribution in [-0.4, -0.2) is 4.90 Å². The molecule has 4 aromatic heterocycles. The smallest absolute Gasteiger partial charge is 0.232 e. The van der Waals surface area contributed by atoms with Crippen LogP contribution >= 0.6 is 0 Å². The van der Waals surface area contributed by atoms with E-state index in [1.54, 1.807) is 25.1 Å². The summed E-state index contributed by atoms with van der Waals surface area (Å²) in [6, 6.07) is 28.8. The molecule has 0 amide bonds. The fourth-order valence-corrected chi connectivity index (χ4v) is 6.53. The maximum Gasteiger partial charge on any atom is 0.232 e. The van der Waals surface area contributed by atoms with E-state index in [9.17, 15) is 0 Å². The minimum absolute atomic E-state index is 0.369. The second kappa shape index (κ2) is 10.8.